The minimum atomic E-state index is -0.112. The van der Waals surface area contributed by atoms with Gasteiger partial charge < -0.3 is 15.1 Å². The van der Waals surface area contributed by atoms with Crippen LogP contribution in [0.4, 0.5) is 5.69 Å². The maximum absolute atomic E-state index is 12.9. The van der Waals surface area contributed by atoms with Crippen molar-refractivity contribution in [3.8, 4) is 11.1 Å². The first-order chi connectivity index (χ1) is 17.1. The molecule has 2 amide bonds. The van der Waals surface area contributed by atoms with Gasteiger partial charge in [0.1, 0.15) is 0 Å². The molecule has 4 aromatic carbocycles. The SMILES string of the molecule is CN1CCN(C(=O)CCC(=O)Nc2cc3c(c4ccccc24)-c2ccc4ccccc4c2C3)CC1.Cl. The van der Waals surface area contributed by atoms with Crippen LogP contribution in [0.1, 0.15) is 24.0 Å². The number of amides is 2. The average molecular weight is 500 g/mol. The Bertz CT molecular complexity index is 1470. The third-order valence-electron chi connectivity index (χ3n) is 7.50. The Labute approximate surface area is 217 Å². The zero-order valence-electron chi connectivity index (χ0n) is 20.4. The van der Waals surface area contributed by atoms with Crippen LogP contribution in [-0.4, -0.2) is 54.8 Å². The number of carbonyl (C=O) groups excluding carboxylic acids is 2. The summed E-state index contributed by atoms with van der Waals surface area (Å²) in [7, 11) is 2.07. The van der Waals surface area contributed by atoms with Crippen LogP contribution in [0.2, 0.25) is 0 Å². The fourth-order valence-corrected chi connectivity index (χ4v) is 5.59. The summed E-state index contributed by atoms with van der Waals surface area (Å²) in [6, 6.07) is 23.4. The summed E-state index contributed by atoms with van der Waals surface area (Å²) < 4.78 is 0. The van der Waals surface area contributed by atoms with E-state index in [-0.39, 0.29) is 37.1 Å². The predicted octanol–water partition coefficient (Wildman–Crippen LogP) is 5.48. The van der Waals surface area contributed by atoms with E-state index in [4.69, 9.17) is 0 Å². The number of halogens is 1. The summed E-state index contributed by atoms with van der Waals surface area (Å²) in [5.74, 6) is -0.0482. The van der Waals surface area contributed by atoms with Gasteiger partial charge in [0.15, 0.2) is 0 Å². The Morgan fingerprint density at radius 3 is 2.31 bits per heavy atom. The smallest absolute Gasteiger partial charge is 0.224 e. The molecule has 1 N–H and O–H groups in total. The summed E-state index contributed by atoms with van der Waals surface area (Å²) in [4.78, 5) is 29.6. The number of benzene rings is 4. The van der Waals surface area contributed by atoms with Gasteiger partial charge in [-0.1, -0.05) is 60.7 Å². The van der Waals surface area contributed by atoms with Crippen molar-refractivity contribution in [2.24, 2.45) is 0 Å². The highest BCUT2D eigenvalue weighted by Gasteiger charge is 2.25. The highest BCUT2D eigenvalue weighted by atomic mass is 35.5. The number of piperazine rings is 1. The van der Waals surface area contributed by atoms with Gasteiger partial charge in [0, 0.05) is 50.1 Å². The molecule has 0 unspecified atom stereocenters. The molecule has 6 rings (SSSR count). The number of hydrogen-bond acceptors (Lipinski definition) is 3. The van der Waals surface area contributed by atoms with Crippen molar-refractivity contribution in [1.29, 1.82) is 0 Å². The second-order valence-corrected chi connectivity index (χ2v) is 9.73. The molecule has 184 valence electrons. The number of rotatable bonds is 4. The van der Waals surface area contributed by atoms with Crippen molar-refractivity contribution >= 4 is 51.5 Å². The molecule has 6 heteroatoms. The Morgan fingerprint density at radius 1 is 0.833 bits per heavy atom. The summed E-state index contributed by atoms with van der Waals surface area (Å²) in [5, 5.41) is 7.86. The van der Waals surface area contributed by atoms with Crippen molar-refractivity contribution in [3.05, 3.63) is 77.9 Å². The third-order valence-corrected chi connectivity index (χ3v) is 7.50. The average Bonchev–Trinajstić information content (AvgIpc) is 3.27. The molecule has 1 heterocycles. The summed E-state index contributed by atoms with van der Waals surface area (Å²) in [6.45, 7) is 3.25. The van der Waals surface area contributed by atoms with Gasteiger partial charge in [-0.05, 0) is 57.9 Å². The molecule has 4 aromatic rings. The molecule has 1 saturated heterocycles. The van der Waals surface area contributed by atoms with E-state index in [1.54, 1.807) is 0 Å². The molecule has 2 aliphatic rings. The Balaban J connectivity index is 0.00000267. The molecule has 1 aliphatic carbocycles. The second kappa shape index (κ2) is 9.92. The minimum Gasteiger partial charge on any atom is -0.340 e. The first-order valence-electron chi connectivity index (χ1n) is 12.4. The molecule has 0 atom stereocenters. The molecule has 0 spiro atoms. The molecule has 0 bridgehead atoms. The van der Waals surface area contributed by atoms with Gasteiger partial charge in [-0.3, -0.25) is 9.59 Å². The lowest BCUT2D eigenvalue weighted by molar-refractivity contribution is -0.134. The fraction of sp³-hybridized carbons (Fsp3) is 0.267. The first-order valence-corrected chi connectivity index (χ1v) is 12.4. The third kappa shape index (κ3) is 4.34. The number of likely N-dealkylation sites (N-methyl/N-ethyl adjacent to an activating group) is 1. The summed E-state index contributed by atoms with van der Waals surface area (Å²) >= 11 is 0. The largest absolute Gasteiger partial charge is 0.340 e. The van der Waals surface area contributed by atoms with E-state index in [1.807, 2.05) is 11.0 Å². The van der Waals surface area contributed by atoms with E-state index < -0.39 is 0 Å². The van der Waals surface area contributed by atoms with Gasteiger partial charge in [-0.2, -0.15) is 0 Å². The van der Waals surface area contributed by atoms with Crippen molar-refractivity contribution in [3.63, 3.8) is 0 Å². The van der Waals surface area contributed by atoms with Crippen LogP contribution in [0.5, 0.6) is 0 Å². The number of anilines is 1. The lowest BCUT2D eigenvalue weighted by Gasteiger charge is -2.32. The maximum Gasteiger partial charge on any atom is 0.224 e. The molecule has 1 fully saturated rings. The van der Waals surface area contributed by atoms with Crippen LogP contribution in [0.3, 0.4) is 0 Å². The second-order valence-electron chi connectivity index (χ2n) is 9.73. The van der Waals surface area contributed by atoms with Gasteiger partial charge in [-0.15, -0.1) is 12.4 Å². The normalized spacial score (nSPS) is 14.9. The lowest BCUT2D eigenvalue weighted by Crippen LogP contribution is -2.47. The predicted molar refractivity (Wildman–Crippen MR) is 149 cm³/mol. The molecule has 0 aromatic heterocycles. The van der Waals surface area contributed by atoms with Crippen LogP contribution in [-0.2, 0) is 16.0 Å². The fourth-order valence-electron chi connectivity index (χ4n) is 5.59. The van der Waals surface area contributed by atoms with E-state index in [2.05, 4.69) is 77.9 Å². The highest BCUT2D eigenvalue weighted by Crippen LogP contribution is 2.46. The van der Waals surface area contributed by atoms with Crippen LogP contribution in [0.15, 0.2) is 66.7 Å². The number of fused-ring (bicyclic) bond motifs is 7. The molecule has 1 aliphatic heterocycles. The molecule has 0 radical (unpaired) electrons. The highest BCUT2D eigenvalue weighted by molar-refractivity contribution is 6.11. The van der Waals surface area contributed by atoms with E-state index in [0.29, 0.717) is 0 Å². The number of nitrogens with one attached hydrogen (secondary N) is 1. The Kier molecular flexibility index (Phi) is 6.69. The van der Waals surface area contributed by atoms with Crippen LogP contribution < -0.4 is 5.32 Å². The molecular weight excluding hydrogens is 470 g/mol. The van der Waals surface area contributed by atoms with Gasteiger partial charge in [0.05, 0.1) is 0 Å². The van der Waals surface area contributed by atoms with Crippen LogP contribution in [0, 0.1) is 0 Å². The zero-order valence-corrected chi connectivity index (χ0v) is 21.2. The Morgan fingerprint density at radius 2 is 1.53 bits per heavy atom. The van der Waals surface area contributed by atoms with Crippen molar-refractivity contribution in [2.45, 2.75) is 19.3 Å². The number of carbonyl (C=O) groups is 2. The van der Waals surface area contributed by atoms with E-state index >= 15 is 0 Å². The van der Waals surface area contributed by atoms with Crippen molar-refractivity contribution in [1.82, 2.24) is 9.80 Å². The van der Waals surface area contributed by atoms with Gasteiger partial charge in [-0.25, -0.2) is 0 Å². The standard InChI is InChI=1S/C30H29N3O2.ClH/c1-32-14-16-33(17-15-32)29(35)13-12-28(34)31-27-19-21-18-26-22-7-3-2-6-20(22)10-11-25(26)30(21)24-9-5-4-8-23(24)27;/h2-11,19H,12-18H2,1H3,(H,31,34);1H. The van der Waals surface area contributed by atoms with E-state index in [0.717, 1.165) is 49.1 Å². The van der Waals surface area contributed by atoms with Crippen molar-refractivity contribution in [2.75, 3.05) is 38.5 Å². The van der Waals surface area contributed by atoms with Crippen LogP contribution in [0.25, 0.3) is 32.7 Å². The maximum atomic E-state index is 12.9. The number of hydrogen-bond donors (Lipinski definition) is 1. The van der Waals surface area contributed by atoms with Crippen LogP contribution >= 0.6 is 12.4 Å². The topological polar surface area (TPSA) is 52.7 Å². The van der Waals surface area contributed by atoms with E-state index in [1.165, 1.54) is 33.0 Å². The Hall–Kier alpha value is -3.41. The lowest BCUT2D eigenvalue weighted by atomic mass is 9.95. The van der Waals surface area contributed by atoms with Gasteiger partial charge in [0.25, 0.3) is 0 Å². The van der Waals surface area contributed by atoms with Gasteiger partial charge in [0.2, 0.25) is 11.8 Å². The van der Waals surface area contributed by atoms with E-state index in [9.17, 15) is 9.59 Å². The minimum absolute atomic E-state index is 0. The summed E-state index contributed by atoms with van der Waals surface area (Å²) in [5.41, 5.74) is 5.96. The monoisotopic (exact) mass is 499 g/mol. The summed E-state index contributed by atoms with van der Waals surface area (Å²) in [6.07, 6.45) is 1.29. The zero-order chi connectivity index (χ0) is 23.9. The molecule has 36 heavy (non-hydrogen) atoms. The van der Waals surface area contributed by atoms with Crippen molar-refractivity contribution < 1.29 is 9.59 Å². The first kappa shape index (κ1) is 24.3. The number of nitrogens with zero attached hydrogens (tertiary/aromatic N) is 2. The van der Waals surface area contributed by atoms with Gasteiger partial charge >= 0.3 is 0 Å². The molecule has 0 saturated carbocycles. The molecular formula is C30H30ClN3O2. The molecule has 5 nitrogen and oxygen atoms in total. The quantitative estimate of drug-likeness (QED) is 0.356.